The van der Waals surface area contributed by atoms with Crippen molar-refractivity contribution in [2.75, 3.05) is 4.90 Å². The van der Waals surface area contributed by atoms with E-state index in [-0.39, 0.29) is 16.9 Å². The first-order chi connectivity index (χ1) is 27.1. The number of nitrogens with zero attached hydrogens (tertiary/aromatic N) is 1. The molecule has 0 amide bonds. The number of furan rings is 1. The quantitative estimate of drug-likeness (QED) is 0.181. The van der Waals surface area contributed by atoms with Gasteiger partial charge in [-0.15, -0.1) is 0 Å². The van der Waals surface area contributed by atoms with Gasteiger partial charge in [-0.1, -0.05) is 117 Å². The van der Waals surface area contributed by atoms with Gasteiger partial charge in [-0.05, 0) is 144 Å². The van der Waals surface area contributed by atoms with E-state index in [1.165, 1.54) is 96.6 Å². The lowest BCUT2D eigenvalue weighted by Crippen LogP contribution is -2.59. The number of allylic oxidation sites excluding steroid dienone is 2. The summed E-state index contributed by atoms with van der Waals surface area (Å²) in [5.74, 6) is 4.12. The van der Waals surface area contributed by atoms with Gasteiger partial charge < -0.3 is 9.32 Å². The van der Waals surface area contributed by atoms with Crippen molar-refractivity contribution in [1.82, 2.24) is 0 Å². The predicted molar refractivity (Wildman–Crippen MR) is 226 cm³/mol. The van der Waals surface area contributed by atoms with Crippen LogP contribution >= 0.6 is 0 Å². The number of hydrogen-bond donors (Lipinski definition) is 0. The molecular formula is C53H49NO. The summed E-state index contributed by atoms with van der Waals surface area (Å²) in [4.78, 5) is 2.77. The van der Waals surface area contributed by atoms with E-state index >= 15 is 0 Å². The van der Waals surface area contributed by atoms with E-state index in [0.717, 1.165) is 47.2 Å². The molecule has 14 rings (SSSR count). The number of benzene rings is 5. The van der Waals surface area contributed by atoms with Gasteiger partial charge in [0.15, 0.2) is 0 Å². The van der Waals surface area contributed by atoms with E-state index < -0.39 is 0 Å². The third kappa shape index (κ3) is 3.96. The first kappa shape index (κ1) is 31.4. The lowest BCUT2D eigenvalue weighted by atomic mass is 9.39. The Morgan fingerprint density at radius 3 is 2.36 bits per heavy atom. The number of fused-ring (bicyclic) bond motifs is 10. The largest absolute Gasteiger partial charge is 0.456 e. The minimum Gasteiger partial charge on any atom is -0.456 e. The van der Waals surface area contributed by atoms with Gasteiger partial charge in [0.1, 0.15) is 11.2 Å². The summed E-state index contributed by atoms with van der Waals surface area (Å²) in [5.41, 5.74) is 17.4. The average Bonchev–Trinajstić information content (AvgIpc) is 3.84. The van der Waals surface area contributed by atoms with E-state index in [4.69, 9.17) is 4.42 Å². The minimum atomic E-state index is 0.113. The Hall–Kier alpha value is -4.82. The van der Waals surface area contributed by atoms with Crippen LogP contribution in [0, 0.1) is 29.6 Å². The second kappa shape index (κ2) is 11.2. The molecule has 8 aliphatic rings. The molecule has 2 spiro atoms. The van der Waals surface area contributed by atoms with Crippen molar-refractivity contribution in [1.29, 1.82) is 0 Å². The average molecular weight is 716 g/mol. The molecule has 0 N–H and O–H groups in total. The SMILES string of the molecule is C[C@H]1C2CC3CC(C2)C2(C4=C(C=CC(N(c5ccc6oc7ccccc7c6c5)c5cccc6c5-c5ccccc5C65CCCCC5)C4)c4ccccc42)C1C3. The van der Waals surface area contributed by atoms with Gasteiger partial charge in [0, 0.05) is 38.5 Å². The fraction of sp³-hybridized carbons (Fsp3) is 0.358. The maximum absolute atomic E-state index is 6.43. The molecule has 0 aliphatic heterocycles. The van der Waals surface area contributed by atoms with Gasteiger partial charge in [0.25, 0.3) is 0 Å². The van der Waals surface area contributed by atoms with Gasteiger partial charge in [-0.2, -0.15) is 0 Å². The number of para-hydroxylation sites is 1. The molecule has 272 valence electrons. The Morgan fingerprint density at radius 2 is 1.45 bits per heavy atom. The Bertz CT molecular complexity index is 2650. The molecule has 4 bridgehead atoms. The monoisotopic (exact) mass is 715 g/mol. The highest BCUT2D eigenvalue weighted by Gasteiger charge is 2.64. The molecule has 1 aromatic heterocycles. The maximum Gasteiger partial charge on any atom is 0.135 e. The van der Waals surface area contributed by atoms with Crippen LogP contribution in [-0.2, 0) is 10.8 Å². The molecule has 55 heavy (non-hydrogen) atoms. The van der Waals surface area contributed by atoms with Crippen LogP contribution in [0.15, 0.2) is 131 Å². The van der Waals surface area contributed by atoms with E-state index in [1.54, 1.807) is 27.8 Å². The van der Waals surface area contributed by atoms with E-state index in [1.807, 2.05) is 0 Å². The maximum atomic E-state index is 6.43. The third-order valence-electron chi connectivity index (χ3n) is 16.6. The van der Waals surface area contributed by atoms with Crippen molar-refractivity contribution in [3.05, 3.63) is 149 Å². The standard InChI is InChI=1S/C53H49NO/c1-32-34-26-33-27-35(29-34)53(46(32)28-33)44-16-7-3-12-38(44)39-22-20-37(31-47(39)53)54(36-21-23-50-42(30-36)40-13-5-8-19-49(40)55-50)48-18-11-17-45-51(48)41-14-4-6-15-43(41)52(45)24-9-2-10-25-52/h3-8,11-23,30,32-35,37,46H,2,9-10,24-29,31H2,1H3/t32-,33?,34?,35?,37?,46?,53?/m0/s1. The fourth-order valence-electron chi connectivity index (χ4n) is 14.7. The van der Waals surface area contributed by atoms with Crippen molar-refractivity contribution >= 4 is 38.9 Å². The van der Waals surface area contributed by atoms with Crippen molar-refractivity contribution in [3.63, 3.8) is 0 Å². The highest BCUT2D eigenvalue weighted by molar-refractivity contribution is 6.06. The molecule has 2 nitrogen and oxygen atoms in total. The molecule has 5 saturated carbocycles. The summed E-state index contributed by atoms with van der Waals surface area (Å²) in [6, 6.07) is 42.2. The Morgan fingerprint density at radius 1 is 0.673 bits per heavy atom. The summed E-state index contributed by atoms with van der Waals surface area (Å²) in [6.07, 6.45) is 18.4. The van der Waals surface area contributed by atoms with Crippen LogP contribution in [0.5, 0.6) is 0 Å². The van der Waals surface area contributed by atoms with Crippen LogP contribution in [-0.4, -0.2) is 6.04 Å². The summed E-state index contributed by atoms with van der Waals surface area (Å²) in [5, 5.41) is 2.40. The first-order valence-electron chi connectivity index (χ1n) is 21.6. The second-order valence-corrected chi connectivity index (χ2v) is 18.7. The van der Waals surface area contributed by atoms with Crippen molar-refractivity contribution < 1.29 is 4.42 Å². The zero-order valence-corrected chi connectivity index (χ0v) is 31.9. The molecule has 7 atom stereocenters. The first-order valence-corrected chi connectivity index (χ1v) is 21.6. The van der Waals surface area contributed by atoms with Gasteiger partial charge in [-0.25, -0.2) is 0 Å². The summed E-state index contributed by atoms with van der Waals surface area (Å²) >= 11 is 0. The van der Waals surface area contributed by atoms with Gasteiger partial charge in [0.05, 0.1) is 6.04 Å². The van der Waals surface area contributed by atoms with Crippen molar-refractivity contribution in [3.8, 4) is 11.1 Å². The topological polar surface area (TPSA) is 16.4 Å². The molecule has 0 radical (unpaired) electrons. The number of rotatable bonds is 3. The van der Waals surface area contributed by atoms with Crippen LogP contribution in [0.3, 0.4) is 0 Å². The summed E-state index contributed by atoms with van der Waals surface area (Å²) in [7, 11) is 0. The molecule has 6 aromatic rings. The Balaban J connectivity index is 1.03. The zero-order chi connectivity index (χ0) is 36.0. The van der Waals surface area contributed by atoms with Gasteiger partial charge >= 0.3 is 0 Å². The Kier molecular flexibility index (Phi) is 6.36. The normalized spacial score (nSPS) is 30.3. The molecule has 1 heterocycles. The summed E-state index contributed by atoms with van der Waals surface area (Å²) < 4.78 is 6.43. The molecule has 8 aliphatic carbocycles. The van der Waals surface area contributed by atoms with Crippen LogP contribution in [0.4, 0.5) is 11.4 Å². The molecule has 0 saturated heterocycles. The van der Waals surface area contributed by atoms with Crippen LogP contribution in [0.25, 0.3) is 38.6 Å². The predicted octanol–water partition coefficient (Wildman–Crippen LogP) is 13.7. The molecule has 2 heteroatoms. The van der Waals surface area contributed by atoms with Gasteiger partial charge in [-0.3, -0.25) is 0 Å². The summed E-state index contributed by atoms with van der Waals surface area (Å²) in [6.45, 7) is 2.63. The number of hydrogen-bond acceptors (Lipinski definition) is 2. The van der Waals surface area contributed by atoms with E-state index in [2.05, 4.69) is 133 Å². The molecule has 5 fully saturated rings. The highest BCUT2D eigenvalue weighted by atomic mass is 16.3. The third-order valence-corrected chi connectivity index (χ3v) is 16.6. The van der Waals surface area contributed by atoms with Crippen LogP contribution in [0.1, 0.15) is 93.4 Å². The van der Waals surface area contributed by atoms with E-state index in [9.17, 15) is 0 Å². The second-order valence-electron chi connectivity index (χ2n) is 18.7. The van der Waals surface area contributed by atoms with Crippen LogP contribution < -0.4 is 4.90 Å². The van der Waals surface area contributed by atoms with Crippen molar-refractivity contribution in [2.45, 2.75) is 88.0 Å². The number of anilines is 2. The lowest BCUT2D eigenvalue weighted by molar-refractivity contribution is -0.0847. The van der Waals surface area contributed by atoms with E-state index in [0.29, 0.717) is 0 Å². The fourth-order valence-corrected chi connectivity index (χ4v) is 14.7. The van der Waals surface area contributed by atoms with Crippen molar-refractivity contribution in [2.24, 2.45) is 29.6 Å². The Labute approximate surface area is 324 Å². The van der Waals surface area contributed by atoms with Gasteiger partial charge in [0.2, 0.25) is 0 Å². The smallest absolute Gasteiger partial charge is 0.135 e. The minimum absolute atomic E-state index is 0.113. The lowest BCUT2D eigenvalue weighted by Gasteiger charge is -2.64. The highest BCUT2D eigenvalue weighted by Crippen LogP contribution is 2.71. The van der Waals surface area contributed by atoms with Crippen LogP contribution in [0.2, 0.25) is 0 Å². The molecular weight excluding hydrogens is 667 g/mol. The molecule has 6 unspecified atom stereocenters. The molecule has 5 aromatic carbocycles. The zero-order valence-electron chi connectivity index (χ0n) is 31.9.